The number of hydrogen-bond donors (Lipinski definition) is 2. The van der Waals surface area contributed by atoms with Crippen LogP contribution in [0.25, 0.3) is 10.9 Å². The quantitative estimate of drug-likeness (QED) is 0.885. The van der Waals surface area contributed by atoms with Crippen molar-refractivity contribution in [1.82, 2.24) is 20.1 Å². The fourth-order valence-corrected chi connectivity index (χ4v) is 4.43. The lowest BCUT2D eigenvalue weighted by molar-refractivity contribution is -0.122. The maximum absolute atomic E-state index is 12.5. The molecule has 2 aliphatic rings. The molecule has 0 radical (unpaired) electrons. The first kappa shape index (κ1) is 17.6. The molecule has 0 bridgehead atoms. The van der Waals surface area contributed by atoms with Crippen LogP contribution in [0.5, 0.6) is 0 Å². The van der Waals surface area contributed by atoms with Gasteiger partial charge in [0.05, 0.1) is 0 Å². The summed E-state index contributed by atoms with van der Waals surface area (Å²) in [6, 6.07) is 7.06. The topological polar surface area (TPSA) is 49.3 Å². The van der Waals surface area contributed by atoms with E-state index in [1.807, 2.05) is 0 Å². The molecular formula is C21H30N4O. The molecule has 1 saturated heterocycles. The zero-order valence-electron chi connectivity index (χ0n) is 16.0. The number of likely N-dealkylation sites (N-methyl/N-ethyl adjacent to an activating group) is 1. The van der Waals surface area contributed by atoms with Crippen LogP contribution in [0, 0.1) is 6.92 Å². The van der Waals surface area contributed by atoms with E-state index in [9.17, 15) is 4.79 Å². The molecule has 1 aromatic carbocycles. The van der Waals surface area contributed by atoms with Crippen LogP contribution in [-0.4, -0.2) is 48.1 Å². The van der Waals surface area contributed by atoms with E-state index in [-0.39, 0.29) is 5.91 Å². The number of nitrogens with zero attached hydrogens (tertiary/aromatic N) is 2. The van der Waals surface area contributed by atoms with Crippen LogP contribution < -0.4 is 10.6 Å². The van der Waals surface area contributed by atoms with Crippen molar-refractivity contribution in [2.45, 2.75) is 51.7 Å². The number of carbonyl (C=O) groups excluding carboxylic acids is 1. The van der Waals surface area contributed by atoms with Gasteiger partial charge in [-0.3, -0.25) is 4.79 Å². The number of benzene rings is 1. The van der Waals surface area contributed by atoms with Crippen LogP contribution in [0.4, 0.5) is 0 Å². The van der Waals surface area contributed by atoms with Crippen LogP contribution in [0.1, 0.15) is 36.1 Å². The first-order chi connectivity index (χ1) is 12.6. The summed E-state index contributed by atoms with van der Waals surface area (Å²) < 4.78 is 2.40. The fraction of sp³-hybridized carbons (Fsp3) is 0.571. The number of aromatic nitrogens is 1. The van der Waals surface area contributed by atoms with Crippen molar-refractivity contribution in [1.29, 1.82) is 0 Å². The largest absolute Gasteiger partial charge is 0.353 e. The second kappa shape index (κ2) is 7.41. The number of hydrogen-bond acceptors (Lipinski definition) is 3. The van der Waals surface area contributed by atoms with Gasteiger partial charge in [-0.2, -0.15) is 0 Å². The Balaban J connectivity index is 1.53. The predicted octanol–water partition coefficient (Wildman–Crippen LogP) is 2.20. The molecule has 2 N–H and O–H groups in total. The Morgan fingerprint density at radius 1 is 1.31 bits per heavy atom. The smallest absolute Gasteiger partial charge is 0.222 e. The van der Waals surface area contributed by atoms with Gasteiger partial charge in [0.2, 0.25) is 5.91 Å². The SMILES string of the molecule is Cc1ccc2c(c1)c1c(n2CCC(=O)NC2CCNCC2)CCN(C)C1. The van der Waals surface area contributed by atoms with E-state index in [1.165, 1.54) is 27.7 Å². The van der Waals surface area contributed by atoms with Crippen LogP contribution in [0.15, 0.2) is 18.2 Å². The van der Waals surface area contributed by atoms with Crippen molar-refractivity contribution < 1.29 is 4.79 Å². The summed E-state index contributed by atoms with van der Waals surface area (Å²) in [5, 5.41) is 7.94. The Hall–Kier alpha value is -1.85. The maximum Gasteiger partial charge on any atom is 0.222 e. The number of piperidine rings is 1. The van der Waals surface area contributed by atoms with E-state index in [4.69, 9.17) is 0 Å². The van der Waals surface area contributed by atoms with Crippen LogP contribution >= 0.6 is 0 Å². The molecule has 1 aromatic heterocycles. The fourth-order valence-electron chi connectivity index (χ4n) is 4.43. The zero-order chi connectivity index (χ0) is 18.1. The average Bonchev–Trinajstić information content (AvgIpc) is 2.93. The van der Waals surface area contributed by atoms with Gasteiger partial charge in [-0.15, -0.1) is 0 Å². The zero-order valence-corrected chi connectivity index (χ0v) is 16.0. The summed E-state index contributed by atoms with van der Waals surface area (Å²) >= 11 is 0. The summed E-state index contributed by atoms with van der Waals surface area (Å²) in [5.74, 6) is 0.188. The van der Waals surface area contributed by atoms with Crippen molar-refractivity contribution in [2.75, 3.05) is 26.7 Å². The van der Waals surface area contributed by atoms with Gasteiger partial charge in [0.25, 0.3) is 0 Å². The van der Waals surface area contributed by atoms with Crippen LogP contribution in [0.2, 0.25) is 0 Å². The number of fused-ring (bicyclic) bond motifs is 3. The lowest BCUT2D eigenvalue weighted by Crippen LogP contribution is -2.42. The van der Waals surface area contributed by atoms with Crippen molar-refractivity contribution in [3.05, 3.63) is 35.0 Å². The summed E-state index contributed by atoms with van der Waals surface area (Å²) in [4.78, 5) is 14.9. The highest BCUT2D eigenvalue weighted by Crippen LogP contribution is 2.31. The first-order valence-electron chi connectivity index (χ1n) is 9.91. The first-order valence-corrected chi connectivity index (χ1v) is 9.91. The Morgan fingerprint density at radius 3 is 2.92 bits per heavy atom. The highest BCUT2D eigenvalue weighted by Gasteiger charge is 2.23. The third-order valence-corrected chi connectivity index (χ3v) is 5.87. The molecule has 3 heterocycles. The monoisotopic (exact) mass is 354 g/mol. The van der Waals surface area contributed by atoms with Gasteiger partial charge >= 0.3 is 0 Å². The van der Waals surface area contributed by atoms with E-state index in [2.05, 4.69) is 52.3 Å². The third kappa shape index (κ3) is 3.51. The summed E-state index contributed by atoms with van der Waals surface area (Å²) in [6.45, 7) is 7.03. The number of nitrogens with one attached hydrogen (secondary N) is 2. The maximum atomic E-state index is 12.5. The minimum Gasteiger partial charge on any atom is -0.353 e. The Kier molecular flexibility index (Phi) is 5.00. The van der Waals surface area contributed by atoms with Crippen molar-refractivity contribution in [2.24, 2.45) is 0 Å². The lowest BCUT2D eigenvalue weighted by atomic mass is 10.0. The van der Waals surface area contributed by atoms with Gasteiger partial charge in [-0.25, -0.2) is 0 Å². The number of aryl methyl sites for hydroxylation is 2. The molecule has 140 valence electrons. The van der Waals surface area contributed by atoms with Crippen LogP contribution in [0.3, 0.4) is 0 Å². The molecule has 1 fully saturated rings. The molecule has 2 aromatic rings. The van der Waals surface area contributed by atoms with Gasteiger partial charge < -0.3 is 20.1 Å². The second-order valence-corrected chi connectivity index (χ2v) is 7.93. The molecule has 5 heteroatoms. The molecular weight excluding hydrogens is 324 g/mol. The number of amides is 1. The van der Waals surface area contributed by atoms with Gasteiger partial charge in [0, 0.05) is 55.1 Å². The highest BCUT2D eigenvalue weighted by atomic mass is 16.1. The van der Waals surface area contributed by atoms with E-state index in [0.29, 0.717) is 12.5 Å². The Labute approximate surface area is 155 Å². The minimum atomic E-state index is 0.188. The molecule has 0 unspecified atom stereocenters. The van der Waals surface area contributed by atoms with Gasteiger partial charge in [-0.1, -0.05) is 11.6 Å². The normalized spacial score (nSPS) is 18.8. The van der Waals surface area contributed by atoms with E-state index >= 15 is 0 Å². The van der Waals surface area contributed by atoms with Gasteiger partial charge in [0.1, 0.15) is 0 Å². The van der Waals surface area contributed by atoms with E-state index in [0.717, 1.165) is 52.0 Å². The van der Waals surface area contributed by atoms with Crippen LogP contribution in [-0.2, 0) is 24.3 Å². The summed E-state index contributed by atoms with van der Waals surface area (Å²) in [7, 11) is 2.19. The molecule has 1 amide bonds. The van der Waals surface area contributed by atoms with Crippen molar-refractivity contribution >= 4 is 16.8 Å². The Morgan fingerprint density at radius 2 is 2.12 bits per heavy atom. The molecule has 26 heavy (non-hydrogen) atoms. The minimum absolute atomic E-state index is 0.188. The number of carbonyl (C=O) groups is 1. The molecule has 0 saturated carbocycles. The lowest BCUT2D eigenvalue weighted by Gasteiger charge is -2.25. The molecule has 0 aliphatic carbocycles. The molecule has 0 spiro atoms. The standard InChI is InChI=1S/C21H30N4O/c1-15-3-4-19-17(13-15)18-14-24(2)11-7-20(18)25(19)12-8-21(26)23-16-5-9-22-10-6-16/h3-4,13,16,22H,5-12,14H2,1-2H3,(H,23,26). The van der Waals surface area contributed by atoms with E-state index in [1.54, 1.807) is 0 Å². The molecule has 5 nitrogen and oxygen atoms in total. The molecule has 0 atom stereocenters. The predicted molar refractivity (Wildman–Crippen MR) is 105 cm³/mol. The molecule has 4 rings (SSSR count). The molecule has 2 aliphatic heterocycles. The van der Waals surface area contributed by atoms with Gasteiger partial charge in [0.15, 0.2) is 0 Å². The summed E-state index contributed by atoms with van der Waals surface area (Å²) in [5.41, 5.74) is 5.47. The number of rotatable bonds is 4. The highest BCUT2D eigenvalue weighted by molar-refractivity contribution is 5.87. The van der Waals surface area contributed by atoms with Crippen molar-refractivity contribution in [3.63, 3.8) is 0 Å². The average molecular weight is 354 g/mol. The summed E-state index contributed by atoms with van der Waals surface area (Å²) in [6.07, 6.45) is 3.71. The van der Waals surface area contributed by atoms with Crippen molar-refractivity contribution in [3.8, 4) is 0 Å². The Bertz CT molecular complexity index is 804. The second-order valence-electron chi connectivity index (χ2n) is 7.93. The third-order valence-electron chi connectivity index (χ3n) is 5.87. The van der Waals surface area contributed by atoms with Gasteiger partial charge in [-0.05, 0) is 57.6 Å². The van der Waals surface area contributed by atoms with E-state index < -0.39 is 0 Å².